The van der Waals surface area contributed by atoms with Crippen LogP contribution in [-0.2, 0) is 11.8 Å². The van der Waals surface area contributed by atoms with E-state index in [2.05, 4.69) is 31.9 Å². The molecule has 0 radical (unpaired) electrons. The van der Waals surface area contributed by atoms with Crippen LogP contribution in [-0.4, -0.2) is 5.78 Å². The third kappa shape index (κ3) is 6.22. The largest absolute Gasteiger partial charge is 0.294 e. The van der Waals surface area contributed by atoms with E-state index in [1.807, 2.05) is 6.92 Å². The van der Waals surface area contributed by atoms with Crippen LogP contribution in [0.15, 0.2) is 28.7 Å². The van der Waals surface area contributed by atoms with Gasteiger partial charge in [0.25, 0.3) is 0 Å². The van der Waals surface area contributed by atoms with Gasteiger partial charge in [-0.3, -0.25) is 4.79 Å². The van der Waals surface area contributed by atoms with Crippen LogP contribution in [0.2, 0.25) is 0 Å². The molecule has 0 aromatic heterocycles. The van der Waals surface area contributed by atoms with Gasteiger partial charge in [-0.15, -0.1) is 0 Å². The number of aryl methyl sites for hydroxylation is 1. The number of Topliss-reactive ketones (excluding diaryl/α,β-unsaturated/α-hetero) is 1. The molecular weight excluding hydrogens is 468 g/mol. The minimum atomic E-state index is -0.839. The van der Waals surface area contributed by atoms with Gasteiger partial charge in [0.05, 0.1) is 5.56 Å². The molecule has 25 heavy (non-hydrogen) atoms. The van der Waals surface area contributed by atoms with Crippen LogP contribution in [0.3, 0.4) is 0 Å². The Bertz CT molecular complexity index is 717. The molecule has 136 valence electrons. The average Bonchev–Trinajstić information content (AvgIpc) is 2.46. The minimum Gasteiger partial charge on any atom is -0.294 e. The molecule has 0 unspecified atom stereocenters. The predicted octanol–water partition coefficient (Wildman–Crippen LogP) is 6.74. The van der Waals surface area contributed by atoms with Crippen molar-refractivity contribution in [3.05, 3.63) is 68.7 Å². The van der Waals surface area contributed by atoms with Gasteiger partial charge in [-0.1, -0.05) is 45.2 Å². The molecular formula is C18H16Br2F4O. The maximum absolute atomic E-state index is 13.2. The van der Waals surface area contributed by atoms with Crippen molar-refractivity contribution in [2.75, 3.05) is 0 Å². The van der Waals surface area contributed by atoms with E-state index >= 15 is 0 Å². The molecule has 2 aromatic rings. The first-order valence-corrected chi connectivity index (χ1v) is 9.30. The molecule has 0 atom stereocenters. The van der Waals surface area contributed by atoms with Gasteiger partial charge in [0.15, 0.2) is 5.78 Å². The molecule has 0 fully saturated rings. The zero-order valence-corrected chi connectivity index (χ0v) is 16.8. The smallest absolute Gasteiger partial charge is 0.165 e. The minimum absolute atomic E-state index is 0.111. The maximum Gasteiger partial charge on any atom is 0.165 e. The zero-order chi connectivity index (χ0) is 19.1. The second-order valence-corrected chi connectivity index (χ2v) is 6.70. The lowest BCUT2D eigenvalue weighted by molar-refractivity contribution is 0.101. The van der Waals surface area contributed by atoms with Crippen molar-refractivity contribution in [2.45, 2.75) is 32.0 Å². The van der Waals surface area contributed by atoms with Gasteiger partial charge >= 0.3 is 0 Å². The normalized spacial score (nSPS) is 10.2. The number of benzene rings is 2. The fourth-order valence-electron chi connectivity index (χ4n) is 2.09. The van der Waals surface area contributed by atoms with Gasteiger partial charge in [-0.05, 0) is 43.2 Å². The second kappa shape index (κ2) is 10.1. The summed E-state index contributed by atoms with van der Waals surface area (Å²) in [4.78, 5) is 10.7. The van der Waals surface area contributed by atoms with E-state index in [1.54, 1.807) is 0 Å². The standard InChI is InChI=1S/C10H11BrF2.C8H5BrF2O/c1-2-3-7-4-9(12)8(6-11)10(13)5-7;1-4(12)8-6(10)2-5(9)3-7(8)11/h4-5H,2-3,6H2,1H3;2-3H,1H3. The average molecular weight is 484 g/mol. The van der Waals surface area contributed by atoms with E-state index < -0.39 is 34.6 Å². The summed E-state index contributed by atoms with van der Waals surface area (Å²) in [6.07, 6.45) is 1.61. The van der Waals surface area contributed by atoms with Gasteiger partial charge in [0, 0.05) is 15.4 Å². The highest BCUT2D eigenvalue weighted by molar-refractivity contribution is 9.10. The zero-order valence-electron chi connectivity index (χ0n) is 13.6. The number of hydrogen-bond donors (Lipinski definition) is 0. The molecule has 0 heterocycles. The number of ketones is 1. The number of rotatable bonds is 4. The quantitative estimate of drug-likeness (QED) is 0.267. The maximum atomic E-state index is 13.2. The Balaban J connectivity index is 0.000000251. The summed E-state index contributed by atoms with van der Waals surface area (Å²) in [7, 11) is 0. The summed E-state index contributed by atoms with van der Waals surface area (Å²) in [5, 5.41) is 0.219. The van der Waals surface area contributed by atoms with E-state index in [4.69, 9.17) is 0 Å². The highest BCUT2D eigenvalue weighted by Crippen LogP contribution is 2.20. The highest BCUT2D eigenvalue weighted by atomic mass is 79.9. The Morgan fingerprint density at radius 1 is 0.960 bits per heavy atom. The fourth-order valence-corrected chi connectivity index (χ4v) is 3.03. The van der Waals surface area contributed by atoms with Crippen molar-refractivity contribution < 1.29 is 22.4 Å². The summed E-state index contributed by atoms with van der Waals surface area (Å²) < 4.78 is 52.4. The molecule has 0 aliphatic rings. The van der Waals surface area contributed by atoms with Gasteiger partial charge in [-0.2, -0.15) is 0 Å². The van der Waals surface area contributed by atoms with Crippen LogP contribution in [0.25, 0.3) is 0 Å². The fraction of sp³-hybridized carbons (Fsp3) is 0.278. The lowest BCUT2D eigenvalue weighted by atomic mass is 10.1. The van der Waals surface area contributed by atoms with Crippen LogP contribution < -0.4 is 0 Å². The topological polar surface area (TPSA) is 17.1 Å². The molecule has 2 aromatic carbocycles. The Morgan fingerprint density at radius 2 is 1.44 bits per heavy atom. The Morgan fingerprint density at radius 3 is 1.80 bits per heavy atom. The predicted molar refractivity (Wildman–Crippen MR) is 97.0 cm³/mol. The molecule has 0 aliphatic heterocycles. The molecule has 2 rings (SSSR count). The van der Waals surface area contributed by atoms with Crippen molar-refractivity contribution in [2.24, 2.45) is 0 Å². The van der Waals surface area contributed by atoms with Crippen molar-refractivity contribution >= 4 is 37.6 Å². The number of carbonyl (C=O) groups is 1. The number of alkyl halides is 1. The Hall–Kier alpha value is -1.21. The molecule has 7 heteroatoms. The van der Waals surface area contributed by atoms with E-state index in [9.17, 15) is 22.4 Å². The third-order valence-corrected chi connectivity index (χ3v) is 4.25. The lowest BCUT2D eigenvalue weighted by Crippen LogP contribution is -2.01. The second-order valence-electron chi connectivity index (χ2n) is 5.22. The van der Waals surface area contributed by atoms with Gasteiger partial charge < -0.3 is 0 Å². The summed E-state index contributed by atoms with van der Waals surface area (Å²) in [6, 6.07) is 4.92. The number of halogens is 6. The van der Waals surface area contributed by atoms with E-state index in [1.165, 1.54) is 12.1 Å². The van der Waals surface area contributed by atoms with Crippen molar-refractivity contribution in [3.63, 3.8) is 0 Å². The van der Waals surface area contributed by atoms with Crippen LogP contribution in [0.1, 0.15) is 41.8 Å². The van der Waals surface area contributed by atoms with Gasteiger partial charge in [-0.25, -0.2) is 17.6 Å². The van der Waals surface area contributed by atoms with Crippen LogP contribution >= 0.6 is 31.9 Å². The van der Waals surface area contributed by atoms with Crippen molar-refractivity contribution in [1.82, 2.24) is 0 Å². The third-order valence-electron chi connectivity index (χ3n) is 3.23. The van der Waals surface area contributed by atoms with Gasteiger partial charge in [0.2, 0.25) is 0 Å². The van der Waals surface area contributed by atoms with E-state index in [0.29, 0.717) is 0 Å². The van der Waals surface area contributed by atoms with E-state index in [-0.39, 0.29) is 15.4 Å². The van der Waals surface area contributed by atoms with Crippen LogP contribution in [0, 0.1) is 23.3 Å². The first-order chi connectivity index (χ1) is 11.7. The molecule has 0 saturated heterocycles. The van der Waals surface area contributed by atoms with Crippen molar-refractivity contribution in [3.8, 4) is 0 Å². The number of hydrogen-bond acceptors (Lipinski definition) is 1. The van der Waals surface area contributed by atoms with Gasteiger partial charge in [0.1, 0.15) is 23.3 Å². The molecule has 1 nitrogen and oxygen atoms in total. The monoisotopic (exact) mass is 482 g/mol. The summed E-state index contributed by atoms with van der Waals surface area (Å²) in [5.74, 6) is -3.21. The molecule has 0 N–H and O–H groups in total. The molecule has 0 aliphatic carbocycles. The molecule has 0 saturated carbocycles. The number of carbonyl (C=O) groups excluding carboxylic acids is 1. The molecule has 0 spiro atoms. The lowest BCUT2D eigenvalue weighted by Gasteiger charge is -2.04. The molecule has 0 bridgehead atoms. The first kappa shape index (κ1) is 21.8. The molecule has 0 amide bonds. The SMILES string of the molecule is CC(=O)c1c(F)cc(Br)cc1F.CCCc1cc(F)c(CBr)c(F)c1. The summed E-state index contributed by atoms with van der Waals surface area (Å²) in [6.45, 7) is 3.10. The van der Waals surface area contributed by atoms with Crippen LogP contribution in [0.4, 0.5) is 17.6 Å². The van der Waals surface area contributed by atoms with Crippen molar-refractivity contribution in [1.29, 1.82) is 0 Å². The van der Waals surface area contributed by atoms with E-state index in [0.717, 1.165) is 37.5 Å². The first-order valence-electron chi connectivity index (χ1n) is 7.39. The van der Waals surface area contributed by atoms with Crippen LogP contribution in [0.5, 0.6) is 0 Å². The summed E-state index contributed by atoms with van der Waals surface area (Å²) in [5.41, 5.74) is 0.347. The summed E-state index contributed by atoms with van der Waals surface area (Å²) >= 11 is 5.95. The highest BCUT2D eigenvalue weighted by Gasteiger charge is 2.14. The Labute approximate surface area is 160 Å². The Kier molecular flexibility index (Phi) is 8.79.